The Morgan fingerprint density at radius 2 is 1.90 bits per heavy atom. The molecule has 1 aliphatic heterocycles. The molecule has 0 amide bonds. The zero-order valence-electron chi connectivity index (χ0n) is 13.4. The SMILES string of the molecule is Cc1ccc(CNCC(C)(C)N2CC(C)OC(C)C2)o1. The highest BCUT2D eigenvalue weighted by Gasteiger charge is 2.32. The number of morpholine rings is 1. The third-order valence-corrected chi connectivity index (χ3v) is 3.93. The lowest BCUT2D eigenvalue weighted by molar-refractivity contribution is -0.0953. The van der Waals surface area contributed by atoms with Crippen molar-refractivity contribution in [2.75, 3.05) is 19.6 Å². The van der Waals surface area contributed by atoms with Crippen LogP contribution >= 0.6 is 0 Å². The molecule has 114 valence electrons. The Morgan fingerprint density at radius 1 is 1.25 bits per heavy atom. The zero-order chi connectivity index (χ0) is 14.8. The van der Waals surface area contributed by atoms with Gasteiger partial charge in [0.05, 0.1) is 18.8 Å². The van der Waals surface area contributed by atoms with E-state index in [-0.39, 0.29) is 5.54 Å². The number of nitrogens with one attached hydrogen (secondary N) is 1. The first kappa shape index (κ1) is 15.5. The first-order valence-electron chi connectivity index (χ1n) is 7.53. The number of hydrogen-bond donors (Lipinski definition) is 1. The van der Waals surface area contributed by atoms with E-state index in [0.29, 0.717) is 12.2 Å². The van der Waals surface area contributed by atoms with Crippen LogP contribution in [0, 0.1) is 6.92 Å². The molecule has 0 spiro atoms. The summed E-state index contributed by atoms with van der Waals surface area (Å²) in [6.45, 7) is 14.6. The summed E-state index contributed by atoms with van der Waals surface area (Å²) in [6.07, 6.45) is 0.622. The quantitative estimate of drug-likeness (QED) is 0.899. The van der Waals surface area contributed by atoms with E-state index in [1.165, 1.54) is 0 Å². The Bertz CT molecular complexity index is 418. The monoisotopic (exact) mass is 280 g/mol. The summed E-state index contributed by atoms with van der Waals surface area (Å²) in [5, 5.41) is 3.51. The molecule has 2 atom stereocenters. The minimum absolute atomic E-state index is 0.119. The van der Waals surface area contributed by atoms with Gasteiger partial charge in [0.25, 0.3) is 0 Å². The van der Waals surface area contributed by atoms with Crippen molar-refractivity contribution in [1.82, 2.24) is 10.2 Å². The largest absolute Gasteiger partial charge is 0.465 e. The molecule has 0 saturated carbocycles. The Labute approximate surface area is 122 Å². The minimum Gasteiger partial charge on any atom is -0.465 e. The zero-order valence-corrected chi connectivity index (χ0v) is 13.4. The van der Waals surface area contributed by atoms with Crippen LogP contribution in [0.5, 0.6) is 0 Å². The van der Waals surface area contributed by atoms with Crippen LogP contribution in [-0.2, 0) is 11.3 Å². The third kappa shape index (κ3) is 4.08. The molecule has 0 radical (unpaired) electrons. The van der Waals surface area contributed by atoms with Crippen molar-refractivity contribution in [3.8, 4) is 0 Å². The average molecular weight is 280 g/mol. The first-order valence-corrected chi connectivity index (χ1v) is 7.53. The van der Waals surface area contributed by atoms with Crippen molar-refractivity contribution in [2.45, 2.75) is 58.9 Å². The second-order valence-corrected chi connectivity index (χ2v) is 6.59. The van der Waals surface area contributed by atoms with E-state index in [1.807, 2.05) is 19.1 Å². The van der Waals surface area contributed by atoms with Crippen molar-refractivity contribution >= 4 is 0 Å². The summed E-state index contributed by atoms with van der Waals surface area (Å²) in [6, 6.07) is 4.04. The molecule has 0 aliphatic carbocycles. The average Bonchev–Trinajstić information content (AvgIpc) is 2.73. The van der Waals surface area contributed by atoms with Crippen LogP contribution in [0.3, 0.4) is 0 Å². The molecule has 1 aromatic heterocycles. The number of furan rings is 1. The summed E-state index contributed by atoms with van der Waals surface area (Å²) in [4.78, 5) is 2.52. The lowest BCUT2D eigenvalue weighted by atomic mass is 10.00. The van der Waals surface area contributed by atoms with Gasteiger partial charge < -0.3 is 14.5 Å². The van der Waals surface area contributed by atoms with Crippen LogP contribution in [0.15, 0.2) is 16.5 Å². The number of ether oxygens (including phenoxy) is 1. The van der Waals surface area contributed by atoms with Gasteiger partial charge in [-0.1, -0.05) is 0 Å². The molecule has 0 bridgehead atoms. The molecule has 4 nitrogen and oxygen atoms in total. The molecule has 4 heteroatoms. The summed E-state index contributed by atoms with van der Waals surface area (Å²) in [7, 11) is 0. The van der Waals surface area contributed by atoms with Gasteiger partial charge in [0.2, 0.25) is 0 Å². The normalized spacial score (nSPS) is 25.1. The molecular formula is C16H28N2O2. The highest BCUT2D eigenvalue weighted by Crippen LogP contribution is 2.20. The van der Waals surface area contributed by atoms with Crippen molar-refractivity contribution in [3.05, 3.63) is 23.7 Å². The third-order valence-electron chi connectivity index (χ3n) is 3.93. The predicted molar refractivity (Wildman–Crippen MR) is 80.8 cm³/mol. The van der Waals surface area contributed by atoms with Gasteiger partial charge in [-0.25, -0.2) is 0 Å². The van der Waals surface area contributed by atoms with Gasteiger partial charge in [0.15, 0.2) is 0 Å². The molecule has 2 heterocycles. The van der Waals surface area contributed by atoms with Crippen LogP contribution in [0.1, 0.15) is 39.2 Å². The molecule has 0 aromatic carbocycles. The summed E-state index contributed by atoms with van der Waals surface area (Å²) < 4.78 is 11.4. The van der Waals surface area contributed by atoms with E-state index in [4.69, 9.17) is 9.15 Å². The molecule has 1 N–H and O–H groups in total. The van der Waals surface area contributed by atoms with Crippen LogP contribution in [0.4, 0.5) is 0 Å². The van der Waals surface area contributed by atoms with Crippen LogP contribution in [-0.4, -0.2) is 42.3 Å². The maximum absolute atomic E-state index is 5.81. The number of rotatable bonds is 5. The maximum atomic E-state index is 5.81. The van der Waals surface area contributed by atoms with E-state index >= 15 is 0 Å². The lowest BCUT2D eigenvalue weighted by Gasteiger charge is -2.45. The highest BCUT2D eigenvalue weighted by molar-refractivity contribution is 5.05. The molecule has 2 unspecified atom stereocenters. The van der Waals surface area contributed by atoms with Gasteiger partial charge in [-0.05, 0) is 46.8 Å². The van der Waals surface area contributed by atoms with E-state index in [1.54, 1.807) is 0 Å². The smallest absolute Gasteiger partial charge is 0.117 e. The molecule has 1 fully saturated rings. The van der Waals surface area contributed by atoms with Crippen LogP contribution in [0.2, 0.25) is 0 Å². The van der Waals surface area contributed by atoms with E-state index in [0.717, 1.165) is 37.7 Å². The Morgan fingerprint density at radius 3 is 2.45 bits per heavy atom. The maximum Gasteiger partial charge on any atom is 0.117 e. The molecular weight excluding hydrogens is 252 g/mol. The lowest BCUT2D eigenvalue weighted by Crippen LogP contribution is -2.58. The molecule has 1 aromatic rings. The molecule has 20 heavy (non-hydrogen) atoms. The van der Waals surface area contributed by atoms with Gasteiger partial charge in [-0.2, -0.15) is 0 Å². The van der Waals surface area contributed by atoms with Gasteiger partial charge in [-0.15, -0.1) is 0 Å². The van der Waals surface area contributed by atoms with Crippen LogP contribution in [0.25, 0.3) is 0 Å². The second kappa shape index (κ2) is 6.29. The van der Waals surface area contributed by atoms with Gasteiger partial charge in [0.1, 0.15) is 11.5 Å². The Hall–Kier alpha value is -0.840. The Balaban J connectivity index is 1.83. The molecule has 2 rings (SSSR count). The predicted octanol–water partition coefficient (Wildman–Crippen LogP) is 2.57. The molecule has 1 saturated heterocycles. The summed E-state index contributed by atoms with van der Waals surface area (Å²) in [5.41, 5.74) is 0.119. The highest BCUT2D eigenvalue weighted by atomic mass is 16.5. The van der Waals surface area contributed by atoms with E-state index in [9.17, 15) is 0 Å². The fraction of sp³-hybridized carbons (Fsp3) is 0.750. The van der Waals surface area contributed by atoms with E-state index in [2.05, 4.69) is 37.9 Å². The Kier molecular flexibility index (Phi) is 4.89. The fourth-order valence-corrected chi connectivity index (χ4v) is 2.86. The van der Waals surface area contributed by atoms with Gasteiger partial charge in [0, 0.05) is 25.2 Å². The second-order valence-electron chi connectivity index (χ2n) is 6.59. The van der Waals surface area contributed by atoms with Gasteiger partial charge >= 0.3 is 0 Å². The topological polar surface area (TPSA) is 37.6 Å². The summed E-state index contributed by atoms with van der Waals surface area (Å²) in [5.74, 6) is 1.97. The molecule has 1 aliphatic rings. The van der Waals surface area contributed by atoms with Crippen LogP contribution < -0.4 is 5.32 Å². The van der Waals surface area contributed by atoms with Crippen molar-refractivity contribution in [3.63, 3.8) is 0 Å². The summed E-state index contributed by atoms with van der Waals surface area (Å²) >= 11 is 0. The number of aryl methyl sites for hydroxylation is 1. The standard InChI is InChI=1S/C16H28N2O2/c1-12-6-7-15(20-12)8-17-11-16(4,5)18-9-13(2)19-14(3)10-18/h6-7,13-14,17H,8-11H2,1-5H3. The number of nitrogens with zero attached hydrogens (tertiary/aromatic N) is 1. The van der Waals surface area contributed by atoms with E-state index < -0.39 is 0 Å². The minimum atomic E-state index is 0.119. The number of hydrogen-bond acceptors (Lipinski definition) is 4. The first-order chi connectivity index (χ1) is 9.37. The van der Waals surface area contributed by atoms with Crippen molar-refractivity contribution < 1.29 is 9.15 Å². The van der Waals surface area contributed by atoms with Crippen molar-refractivity contribution in [1.29, 1.82) is 0 Å². The van der Waals surface area contributed by atoms with Gasteiger partial charge in [-0.3, -0.25) is 4.90 Å². The fourth-order valence-electron chi connectivity index (χ4n) is 2.86. The van der Waals surface area contributed by atoms with Crippen molar-refractivity contribution in [2.24, 2.45) is 0 Å².